The molecule has 0 N–H and O–H groups in total. The maximum atomic E-state index is 13.3. The Balaban J connectivity index is 1.74. The Morgan fingerprint density at radius 1 is 0.941 bits per heavy atom. The molecular weight excluding hydrogens is 435 g/mol. The highest BCUT2D eigenvalue weighted by Gasteiger charge is 2.22. The Morgan fingerprint density at radius 2 is 1.62 bits per heavy atom. The first-order chi connectivity index (χ1) is 16.4. The van der Waals surface area contributed by atoms with E-state index in [1.807, 2.05) is 31.2 Å². The van der Waals surface area contributed by atoms with Gasteiger partial charge >= 0.3 is 0 Å². The number of carbonyl (C=O) groups is 2. The number of carbonyl (C=O) groups excluding carboxylic acids is 2. The molecule has 0 saturated heterocycles. The molecule has 0 atom stereocenters. The second-order valence-corrected chi connectivity index (χ2v) is 7.98. The number of amides is 2. The van der Waals surface area contributed by atoms with E-state index in [1.54, 1.807) is 42.4 Å². The van der Waals surface area contributed by atoms with Gasteiger partial charge in [0.15, 0.2) is 0 Å². The maximum Gasteiger partial charge on any atom is 0.242 e. The topological polar surface area (TPSA) is 63.0 Å². The van der Waals surface area contributed by atoms with Crippen LogP contribution in [0.25, 0.3) is 0 Å². The first-order valence-electron chi connectivity index (χ1n) is 11.0. The van der Waals surface area contributed by atoms with Gasteiger partial charge in [-0.05, 0) is 54.4 Å². The van der Waals surface area contributed by atoms with Crippen molar-refractivity contribution in [1.29, 1.82) is 0 Å². The zero-order valence-corrected chi connectivity index (χ0v) is 19.5. The van der Waals surface area contributed by atoms with Crippen LogP contribution >= 0.6 is 0 Å². The number of benzene rings is 2. The zero-order valence-electron chi connectivity index (χ0n) is 19.5. The van der Waals surface area contributed by atoms with Crippen molar-refractivity contribution in [2.24, 2.45) is 0 Å². The number of rotatable bonds is 11. The molecule has 3 aromatic rings. The van der Waals surface area contributed by atoms with Crippen molar-refractivity contribution in [3.8, 4) is 5.75 Å². The first kappa shape index (κ1) is 24.8. The van der Waals surface area contributed by atoms with E-state index in [0.29, 0.717) is 11.5 Å². The van der Waals surface area contributed by atoms with Crippen LogP contribution in [-0.4, -0.2) is 41.8 Å². The van der Waals surface area contributed by atoms with Crippen molar-refractivity contribution >= 4 is 11.8 Å². The van der Waals surface area contributed by atoms with Gasteiger partial charge in [0.05, 0.1) is 20.1 Å². The van der Waals surface area contributed by atoms with Gasteiger partial charge in [-0.2, -0.15) is 0 Å². The third-order valence-electron chi connectivity index (χ3n) is 5.32. The van der Waals surface area contributed by atoms with Crippen LogP contribution in [0, 0.1) is 12.7 Å². The second kappa shape index (κ2) is 11.8. The van der Waals surface area contributed by atoms with Gasteiger partial charge in [-0.3, -0.25) is 9.59 Å². The molecule has 0 aliphatic carbocycles. The first-order valence-corrected chi connectivity index (χ1v) is 11.0. The van der Waals surface area contributed by atoms with E-state index >= 15 is 0 Å². The van der Waals surface area contributed by atoms with Crippen LogP contribution in [0.4, 0.5) is 4.39 Å². The van der Waals surface area contributed by atoms with Gasteiger partial charge in [-0.25, -0.2) is 4.39 Å². The lowest BCUT2D eigenvalue weighted by molar-refractivity contribution is -0.140. The molecule has 0 aliphatic heterocycles. The normalized spacial score (nSPS) is 10.6. The zero-order chi connectivity index (χ0) is 24.5. The molecule has 2 amide bonds. The fraction of sp³-hybridized carbons (Fsp3) is 0.259. The Morgan fingerprint density at radius 3 is 2.21 bits per heavy atom. The van der Waals surface area contributed by atoms with Gasteiger partial charge in [-0.1, -0.05) is 30.3 Å². The number of hydrogen-bond donors (Lipinski definition) is 0. The number of nitrogens with zero attached hydrogens (tertiary/aromatic N) is 2. The van der Waals surface area contributed by atoms with Crippen molar-refractivity contribution < 1.29 is 23.1 Å². The lowest BCUT2D eigenvalue weighted by atomic mass is 10.1. The van der Waals surface area contributed by atoms with Gasteiger partial charge < -0.3 is 19.0 Å². The largest absolute Gasteiger partial charge is 0.497 e. The molecular formula is C27H29FN2O4. The fourth-order valence-corrected chi connectivity index (χ4v) is 3.50. The summed E-state index contributed by atoms with van der Waals surface area (Å²) in [5, 5.41) is 0. The van der Waals surface area contributed by atoms with Crippen molar-refractivity contribution in [3.63, 3.8) is 0 Å². The van der Waals surface area contributed by atoms with Gasteiger partial charge in [0.2, 0.25) is 11.8 Å². The van der Waals surface area contributed by atoms with E-state index in [0.717, 1.165) is 16.9 Å². The molecule has 34 heavy (non-hydrogen) atoms. The molecule has 0 radical (unpaired) electrons. The van der Waals surface area contributed by atoms with Crippen LogP contribution in [0.15, 0.2) is 77.7 Å². The molecule has 0 spiro atoms. The number of furan rings is 1. The summed E-state index contributed by atoms with van der Waals surface area (Å²) < 4.78 is 24.2. The second-order valence-electron chi connectivity index (χ2n) is 7.98. The summed E-state index contributed by atoms with van der Waals surface area (Å²) in [7, 11) is 1.58. The number of halogens is 1. The molecule has 0 fully saturated rings. The summed E-state index contributed by atoms with van der Waals surface area (Å²) in [6.07, 6.45) is 1.75. The van der Waals surface area contributed by atoms with Crippen molar-refractivity contribution in [3.05, 3.63) is 102 Å². The maximum absolute atomic E-state index is 13.3. The minimum atomic E-state index is -0.343. The lowest BCUT2D eigenvalue weighted by Crippen LogP contribution is -2.43. The van der Waals surface area contributed by atoms with Crippen LogP contribution in [-0.2, 0) is 29.1 Å². The number of methoxy groups -OCH3 is 1. The van der Waals surface area contributed by atoms with Crippen LogP contribution in [0.3, 0.4) is 0 Å². The SMILES string of the molecule is C=CCN(CC(=O)N(Cc1ccc(F)cc1)Cc1ccc(C)o1)C(=O)Cc1ccc(OC)cc1. The molecule has 7 heteroatoms. The predicted octanol–water partition coefficient (Wildman–Crippen LogP) is 4.52. The van der Waals surface area contributed by atoms with E-state index in [-0.39, 0.29) is 50.2 Å². The third-order valence-corrected chi connectivity index (χ3v) is 5.32. The van der Waals surface area contributed by atoms with E-state index in [9.17, 15) is 14.0 Å². The van der Waals surface area contributed by atoms with Gasteiger partial charge in [0, 0.05) is 13.1 Å². The number of aryl methyl sites for hydroxylation is 1. The van der Waals surface area contributed by atoms with E-state index < -0.39 is 0 Å². The van der Waals surface area contributed by atoms with Crippen LogP contribution in [0.5, 0.6) is 5.75 Å². The lowest BCUT2D eigenvalue weighted by Gasteiger charge is -2.27. The highest BCUT2D eigenvalue weighted by molar-refractivity contribution is 5.86. The third kappa shape index (κ3) is 7.07. The number of hydrogen-bond acceptors (Lipinski definition) is 4. The molecule has 0 bridgehead atoms. The molecule has 6 nitrogen and oxygen atoms in total. The summed E-state index contributed by atoms with van der Waals surface area (Å²) >= 11 is 0. The minimum absolute atomic E-state index is 0.109. The molecule has 0 unspecified atom stereocenters. The standard InChI is InChI=1S/C27H29FN2O4/c1-4-15-29(26(31)16-21-8-13-24(33-3)14-9-21)19-27(32)30(18-25-12-5-20(2)34-25)17-22-6-10-23(28)11-7-22/h4-14H,1,15-19H2,2-3H3. The average molecular weight is 465 g/mol. The van der Waals surface area contributed by atoms with E-state index in [1.165, 1.54) is 17.0 Å². The van der Waals surface area contributed by atoms with Gasteiger partial charge in [-0.15, -0.1) is 6.58 Å². The van der Waals surface area contributed by atoms with Gasteiger partial charge in [0.25, 0.3) is 0 Å². The summed E-state index contributed by atoms with van der Waals surface area (Å²) in [5.41, 5.74) is 1.60. The van der Waals surface area contributed by atoms with Gasteiger partial charge in [0.1, 0.15) is 29.6 Å². The van der Waals surface area contributed by atoms with Crippen molar-refractivity contribution in [2.75, 3.05) is 20.2 Å². The quantitative estimate of drug-likeness (QED) is 0.392. The minimum Gasteiger partial charge on any atom is -0.497 e. The van der Waals surface area contributed by atoms with E-state index in [2.05, 4.69) is 6.58 Å². The molecule has 0 saturated carbocycles. The summed E-state index contributed by atoms with van der Waals surface area (Å²) in [6, 6.07) is 16.9. The molecule has 2 aromatic carbocycles. The van der Waals surface area contributed by atoms with Crippen LogP contribution < -0.4 is 4.74 Å². The Kier molecular flexibility index (Phi) is 8.62. The summed E-state index contributed by atoms with van der Waals surface area (Å²) in [6.45, 7) is 6.18. The highest BCUT2D eigenvalue weighted by atomic mass is 19.1. The van der Waals surface area contributed by atoms with Crippen LogP contribution in [0.1, 0.15) is 22.6 Å². The predicted molar refractivity (Wildman–Crippen MR) is 128 cm³/mol. The Labute approximate surface area is 199 Å². The van der Waals surface area contributed by atoms with Crippen molar-refractivity contribution in [2.45, 2.75) is 26.4 Å². The monoisotopic (exact) mass is 464 g/mol. The molecule has 0 aliphatic rings. The smallest absolute Gasteiger partial charge is 0.242 e. The summed E-state index contributed by atoms with van der Waals surface area (Å²) in [4.78, 5) is 29.4. The Bertz CT molecular complexity index is 1110. The average Bonchev–Trinajstić information content (AvgIpc) is 3.24. The molecule has 1 heterocycles. The fourth-order valence-electron chi connectivity index (χ4n) is 3.50. The molecule has 178 valence electrons. The number of ether oxygens (including phenoxy) is 1. The summed E-state index contributed by atoms with van der Waals surface area (Å²) in [5.74, 6) is 1.31. The molecule has 1 aromatic heterocycles. The Hall–Kier alpha value is -3.87. The van der Waals surface area contributed by atoms with E-state index in [4.69, 9.17) is 9.15 Å². The van der Waals surface area contributed by atoms with Crippen LogP contribution in [0.2, 0.25) is 0 Å². The van der Waals surface area contributed by atoms with Crippen molar-refractivity contribution in [1.82, 2.24) is 9.80 Å². The highest BCUT2D eigenvalue weighted by Crippen LogP contribution is 2.16. The molecule has 3 rings (SSSR count).